The highest BCUT2D eigenvalue weighted by molar-refractivity contribution is 7.13. The number of hydrogen-bond donors (Lipinski definition) is 0. The van der Waals surface area contributed by atoms with Crippen LogP contribution in [0.4, 0.5) is 5.95 Å². The zero-order chi connectivity index (χ0) is 18.1. The van der Waals surface area contributed by atoms with Crippen molar-refractivity contribution in [2.45, 2.75) is 13.8 Å². The lowest BCUT2D eigenvalue weighted by molar-refractivity contribution is 0.0747. The van der Waals surface area contributed by atoms with Gasteiger partial charge in [0, 0.05) is 50.0 Å². The molecule has 7 heteroatoms. The topological polar surface area (TPSA) is 54.3 Å². The molecule has 6 nitrogen and oxygen atoms in total. The standard InChI is InChI=1S/C19H21N5OS/c1-14-4-5-15(2)24(14)18-16(6-13-26-18)17(25)22-9-11-23(12-10-22)19-20-7-3-8-21-19/h3-8,13H,9-12H2,1-2H3. The maximum Gasteiger partial charge on any atom is 0.256 e. The highest BCUT2D eigenvalue weighted by atomic mass is 32.1. The number of nitrogens with zero attached hydrogens (tertiary/aromatic N) is 5. The molecule has 26 heavy (non-hydrogen) atoms. The summed E-state index contributed by atoms with van der Waals surface area (Å²) in [5.41, 5.74) is 3.07. The van der Waals surface area contributed by atoms with E-state index in [9.17, 15) is 4.79 Å². The van der Waals surface area contributed by atoms with E-state index in [1.807, 2.05) is 22.4 Å². The van der Waals surface area contributed by atoms with Gasteiger partial charge in [0.25, 0.3) is 5.91 Å². The Labute approximate surface area is 156 Å². The largest absolute Gasteiger partial charge is 0.337 e. The van der Waals surface area contributed by atoms with Crippen molar-refractivity contribution in [1.29, 1.82) is 0 Å². The Morgan fingerprint density at radius 3 is 2.31 bits per heavy atom. The summed E-state index contributed by atoms with van der Waals surface area (Å²) in [5.74, 6) is 0.830. The van der Waals surface area contributed by atoms with Gasteiger partial charge in [0.2, 0.25) is 5.95 Å². The van der Waals surface area contributed by atoms with Crippen molar-refractivity contribution in [1.82, 2.24) is 19.4 Å². The van der Waals surface area contributed by atoms with Crippen molar-refractivity contribution < 1.29 is 4.79 Å². The molecule has 1 aliphatic heterocycles. The Hall–Kier alpha value is -2.67. The van der Waals surface area contributed by atoms with Gasteiger partial charge in [-0.2, -0.15) is 0 Å². The first kappa shape index (κ1) is 16.8. The Morgan fingerprint density at radius 1 is 1.00 bits per heavy atom. The summed E-state index contributed by atoms with van der Waals surface area (Å²) in [4.78, 5) is 25.8. The quantitative estimate of drug-likeness (QED) is 0.714. The zero-order valence-electron chi connectivity index (χ0n) is 14.9. The van der Waals surface area contributed by atoms with Crippen LogP contribution in [-0.4, -0.2) is 51.5 Å². The van der Waals surface area contributed by atoms with E-state index in [0.717, 1.165) is 41.0 Å². The fourth-order valence-corrected chi connectivity index (χ4v) is 4.37. The van der Waals surface area contributed by atoms with Crippen molar-refractivity contribution in [3.63, 3.8) is 0 Å². The Bertz CT molecular complexity index is 890. The van der Waals surface area contributed by atoms with E-state index in [1.54, 1.807) is 23.7 Å². The second kappa shape index (κ2) is 6.92. The average Bonchev–Trinajstić information content (AvgIpc) is 3.28. The number of carbonyl (C=O) groups excluding carboxylic acids is 1. The Balaban J connectivity index is 1.51. The summed E-state index contributed by atoms with van der Waals surface area (Å²) >= 11 is 1.61. The first-order valence-corrected chi connectivity index (χ1v) is 9.57. The third kappa shape index (κ3) is 2.99. The molecule has 0 unspecified atom stereocenters. The molecule has 0 bridgehead atoms. The first-order valence-electron chi connectivity index (χ1n) is 8.69. The van der Waals surface area contributed by atoms with Crippen LogP contribution in [0.1, 0.15) is 21.7 Å². The molecule has 0 radical (unpaired) electrons. The number of anilines is 1. The smallest absolute Gasteiger partial charge is 0.256 e. The highest BCUT2D eigenvalue weighted by Crippen LogP contribution is 2.27. The number of amides is 1. The van der Waals surface area contributed by atoms with E-state index in [-0.39, 0.29) is 5.91 Å². The fraction of sp³-hybridized carbons (Fsp3) is 0.316. The maximum absolute atomic E-state index is 13.1. The molecule has 1 aliphatic rings. The van der Waals surface area contributed by atoms with E-state index in [1.165, 1.54) is 0 Å². The van der Waals surface area contributed by atoms with Gasteiger partial charge in [-0.3, -0.25) is 4.79 Å². The van der Waals surface area contributed by atoms with Crippen LogP contribution in [0.15, 0.2) is 42.0 Å². The minimum absolute atomic E-state index is 0.0994. The summed E-state index contributed by atoms with van der Waals surface area (Å²) in [6.45, 7) is 6.98. The van der Waals surface area contributed by atoms with Gasteiger partial charge in [0.1, 0.15) is 5.00 Å². The first-order chi connectivity index (χ1) is 12.6. The molecule has 1 fully saturated rings. The monoisotopic (exact) mass is 367 g/mol. The van der Waals surface area contributed by atoms with E-state index < -0.39 is 0 Å². The highest BCUT2D eigenvalue weighted by Gasteiger charge is 2.26. The third-order valence-electron chi connectivity index (χ3n) is 4.75. The number of hydrogen-bond acceptors (Lipinski definition) is 5. The second-order valence-electron chi connectivity index (χ2n) is 6.42. The molecule has 1 saturated heterocycles. The molecule has 0 atom stereocenters. The van der Waals surface area contributed by atoms with Gasteiger partial charge < -0.3 is 14.4 Å². The van der Waals surface area contributed by atoms with Crippen molar-refractivity contribution in [2.75, 3.05) is 31.1 Å². The van der Waals surface area contributed by atoms with E-state index in [4.69, 9.17) is 0 Å². The molecule has 0 N–H and O–H groups in total. The molecule has 0 spiro atoms. The predicted octanol–water partition coefficient (Wildman–Crippen LogP) is 2.91. The molecule has 4 heterocycles. The number of thiophene rings is 1. The summed E-state index contributed by atoms with van der Waals surface area (Å²) in [6, 6.07) is 7.92. The van der Waals surface area contributed by atoms with E-state index in [2.05, 4.69) is 45.4 Å². The fourth-order valence-electron chi connectivity index (χ4n) is 3.36. The molecule has 134 valence electrons. The van der Waals surface area contributed by atoms with E-state index >= 15 is 0 Å². The minimum Gasteiger partial charge on any atom is -0.337 e. The number of piperazine rings is 1. The molecule has 3 aromatic rings. The van der Waals surface area contributed by atoms with Gasteiger partial charge in [0.15, 0.2) is 0 Å². The minimum atomic E-state index is 0.0994. The lowest BCUT2D eigenvalue weighted by atomic mass is 10.2. The molecular formula is C19H21N5OS. The van der Waals surface area contributed by atoms with Gasteiger partial charge in [-0.15, -0.1) is 11.3 Å². The van der Waals surface area contributed by atoms with Gasteiger partial charge in [-0.25, -0.2) is 9.97 Å². The molecule has 1 amide bonds. The van der Waals surface area contributed by atoms with Crippen LogP contribution in [0.5, 0.6) is 0 Å². The van der Waals surface area contributed by atoms with Crippen LogP contribution >= 0.6 is 11.3 Å². The lowest BCUT2D eigenvalue weighted by Crippen LogP contribution is -2.49. The summed E-state index contributed by atoms with van der Waals surface area (Å²) in [6.07, 6.45) is 3.50. The van der Waals surface area contributed by atoms with Crippen molar-refractivity contribution in [2.24, 2.45) is 0 Å². The molecule has 3 aromatic heterocycles. The second-order valence-corrected chi connectivity index (χ2v) is 7.31. The van der Waals surface area contributed by atoms with Crippen LogP contribution in [0, 0.1) is 13.8 Å². The maximum atomic E-state index is 13.1. The average molecular weight is 367 g/mol. The predicted molar refractivity (Wildman–Crippen MR) is 103 cm³/mol. The van der Waals surface area contributed by atoms with Crippen LogP contribution in [0.3, 0.4) is 0 Å². The van der Waals surface area contributed by atoms with Gasteiger partial charge in [-0.1, -0.05) is 0 Å². The number of aryl methyl sites for hydroxylation is 2. The van der Waals surface area contributed by atoms with Crippen molar-refractivity contribution >= 4 is 23.2 Å². The van der Waals surface area contributed by atoms with Gasteiger partial charge in [0.05, 0.1) is 5.56 Å². The molecule has 0 saturated carbocycles. The Kier molecular flexibility index (Phi) is 4.46. The van der Waals surface area contributed by atoms with Crippen molar-refractivity contribution in [3.05, 3.63) is 59.0 Å². The zero-order valence-corrected chi connectivity index (χ0v) is 15.7. The van der Waals surface area contributed by atoms with Crippen molar-refractivity contribution in [3.8, 4) is 5.00 Å². The normalized spacial score (nSPS) is 14.7. The molecule has 0 aromatic carbocycles. The van der Waals surface area contributed by atoms with E-state index in [0.29, 0.717) is 13.1 Å². The molecule has 0 aliphatic carbocycles. The summed E-state index contributed by atoms with van der Waals surface area (Å²) in [7, 11) is 0. The van der Waals surface area contributed by atoms with Crippen LogP contribution in [0.2, 0.25) is 0 Å². The summed E-state index contributed by atoms with van der Waals surface area (Å²) in [5, 5.41) is 3.00. The number of carbonyl (C=O) groups is 1. The van der Waals surface area contributed by atoms with Crippen LogP contribution in [0.25, 0.3) is 5.00 Å². The van der Waals surface area contributed by atoms with Crippen LogP contribution < -0.4 is 4.90 Å². The van der Waals surface area contributed by atoms with Gasteiger partial charge in [-0.05, 0) is 43.5 Å². The Morgan fingerprint density at radius 2 is 1.65 bits per heavy atom. The van der Waals surface area contributed by atoms with Gasteiger partial charge >= 0.3 is 0 Å². The number of aromatic nitrogens is 3. The molecule has 4 rings (SSSR count). The number of rotatable bonds is 3. The molecular weight excluding hydrogens is 346 g/mol. The third-order valence-corrected chi connectivity index (χ3v) is 5.65. The van der Waals surface area contributed by atoms with Crippen LogP contribution in [-0.2, 0) is 0 Å². The summed E-state index contributed by atoms with van der Waals surface area (Å²) < 4.78 is 2.16. The lowest BCUT2D eigenvalue weighted by Gasteiger charge is -2.34. The SMILES string of the molecule is Cc1ccc(C)n1-c1sccc1C(=O)N1CCN(c2ncccn2)CC1.